The van der Waals surface area contributed by atoms with Crippen molar-refractivity contribution in [2.75, 3.05) is 20.3 Å². The van der Waals surface area contributed by atoms with Crippen LogP contribution in [0, 0.1) is 5.92 Å². The van der Waals surface area contributed by atoms with Crippen LogP contribution in [0.2, 0.25) is 0 Å². The molecule has 6 heteroatoms. The van der Waals surface area contributed by atoms with E-state index in [0.717, 1.165) is 11.3 Å². The van der Waals surface area contributed by atoms with E-state index >= 15 is 0 Å². The summed E-state index contributed by atoms with van der Waals surface area (Å²) in [7, 11) is 1.59. The van der Waals surface area contributed by atoms with Crippen molar-refractivity contribution in [1.29, 1.82) is 0 Å². The number of methoxy groups -OCH3 is 1. The number of ketones is 1. The fourth-order valence-electron chi connectivity index (χ4n) is 3.00. The number of hydrogen-bond acceptors (Lipinski definition) is 5. The zero-order valence-corrected chi connectivity index (χ0v) is 19.1. The number of nitrogens with one attached hydrogen (secondary N) is 1. The lowest BCUT2D eigenvalue weighted by Gasteiger charge is -2.18. The molecule has 0 radical (unpaired) electrons. The fraction of sp³-hybridized carbons (Fsp3) is 0.440. The summed E-state index contributed by atoms with van der Waals surface area (Å²) in [6, 6.07) is 12.4. The average molecular weight is 428 g/mol. The van der Waals surface area contributed by atoms with E-state index in [4.69, 9.17) is 14.2 Å². The van der Waals surface area contributed by atoms with Crippen molar-refractivity contribution in [3.05, 3.63) is 53.6 Å². The van der Waals surface area contributed by atoms with Crippen molar-refractivity contribution in [2.45, 2.75) is 46.6 Å². The Bertz CT molecular complexity index is 861. The van der Waals surface area contributed by atoms with Crippen LogP contribution in [0.1, 0.15) is 62.5 Å². The maximum Gasteiger partial charge on any atom is 0.220 e. The topological polar surface area (TPSA) is 73.9 Å². The molecule has 2 rings (SSSR count). The van der Waals surface area contributed by atoms with Gasteiger partial charge in [0.25, 0.3) is 0 Å². The molecule has 0 bridgehead atoms. The van der Waals surface area contributed by atoms with Crippen LogP contribution in [-0.4, -0.2) is 32.0 Å². The summed E-state index contributed by atoms with van der Waals surface area (Å²) in [5, 5.41) is 2.94. The first kappa shape index (κ1) is 24.3. The predicted molar refractivity (Wildman–Crippen MR) is 121 cm³/mol. The summed E-state index contributed by atoms with van der Waals surface area (Å²) < 4.78 is 16.6. The van der Waals surface area contributed by atoms with E-state index in [1.165, 1.54) is 0 Å². The Morgan fingerprint density at radius 3 is 2.26 bits per heavy atom. The number of hydrogen-bond donors (Lipinski definition) is 1. The maximum atomic E-state index is 12.4. The molecule has 2 aromatic rings. The van der Waals surface area contributed by atoms with E-state index in [1.54, 1.807) is 31.4 Å². The summed E-state index contributed by atoms with van der Waals surface area (Å²) >= 11 is 0. The summed E-state index contributed by atoms with van der Waals surface area (Å²) in [4.78, 5) is 24.7. The number of carbonyl (C=O) groups excluding carboxylic acids is 2. The van der Waals surface area contributed by atoms with Crippen LogP contribution < -0.4 is 19.5 Å². The molecule has 0 saturated carbocycles. The van der Waals surface area contributed by atoms with Gasteiger partial charge in [-0.15, -0.1) is 0 Å². The van der Waals surface area contributed by atoms with Crippen molar-refractivity contribution >= 4 is 11.7 Å². The fourth-order valence-corrected chi connectivity index (χ4v) is 3.00. The lowest BCUT2D eigenvalue weighted by molar-refractivity contribution is -0.121. The molecule has 2 aromatic carbocycles. The summed E-state index contributed by atoms with van der Waals surface area (Å²) in [5.74, 6) is 2.20. The van der Waals surface area contributed by atoms with Gasteiger partial charge >= 0.3 is 0 Å². The number of amides is 1. The molecule has 31 heavy (non-hydrogen) atoms. The minimum absolute atomic E-state index is 0.0702. The molecule has 0 aliphatic rings. The van der Waals surface area contributed by atoms with E-state index < -0.39 is 0 Å². The van der Waals surface area contributed by atoms with Gasteiger partial charge in [-0.05, 0) is 61.7 Å². The second-order valence-electron chi connectivity index (χ2n) is 7.78. The van der Waals surface area contributed by atoms with Crippen LogP contribution in [0.25, 0.3) is 0 Å². The third-order valence-corrected chi connectivity index (χ3v) is 4.70. The molecule has 0 spiro atoms. The quantitative estimate of drug-likeness (QED) is 0.484. The van der Waals surface area contributed by atoms with E-state index in [-0.39, 0.29) is 30.6 Å². The number of benzene rings is 2. The van der Waals surface area contributed by atoms with Crippen molar-refractivity contribution in [3.8, 4) is 17.2 Å². The van der Waals surface area contributed by atoms with E-state index in [2.05, 4.69) is 19.2 Å². The molecule has 0 aliphatic heterocycles. The third-order valence-electron chi connectivity index (χ3n) is 4.70. The van der Waals surface area contributed by atoms with E-state index in [1.807, 2.05) is 32.0 Å². The van der Waals surface area contributed by atoms with Crippen LogP contribution >= 0.6 is 0 Å². The minimum atomic E-state index is -0.221. The Balaban J connectivity index is 1.89. The molecule has 0 aromatic heterocycles. The molecule has 168 valence electrons. The minimum Gasteiger partial charge on any atom is -0.494 e. The second kappa shape index (κ2) is 12.0. The molecule has 6 nitrogen and oxygen atoms in total. The lowest BCUT2D eigenvalue weighted by atomic mass is 10.0. The molecule has 1 atom stereocenters. The average Bonchev–Trinajstić information content (AvgIpc) is 2.76. The SMILES string of the molecule is CCOc1ccc(C(=O)CCC(=O)NC(C)c2ccc(OCC(C)C)c(OC)c2)cc1. The zero-order chi connectivity index (χ0) is 22.8. The molecular formula is C25H33NO5. The smallest absolute Gasteiger partial charge is 0.220 e. The highest BCUT2D eigenvalue weighted by Crippen LogP contribution is 2.30. The van der Waals surface area contributed by atoms with Gasteiger partial charge in [-0.25, -0.2) is 0 Å². The molecule has 1 N–H and O–H groups in total. The number of ether oxygens (including phenoxy) is 3. The van der Waals surface area contributed by atoms with Crippen LogP contribution in [0.15, 0.2) is 42.5 Å². The number of rotatable bonds is 12. The largest absolute Gasteiger partial charge is 0.494 e. The van der Waals surface area contributed by atoms with Gasteiger partial charge in [0.2, 0.25) is 5.91 Å². The summed E-state index contributed by atoms with van der Waals surface area (Å²) in [6.07, 6.45) is 0.279. The highest BCUT2D eigenvalue weighted by Gasteiger charge is 2.15. The van der Waals surface area contributed by atoms with Gasteiger partial charge in [0, 0.05) is 18.4 Å². The normalized spacial score (nSPS) is 11.7. The zero-order valence-electron chi connectivity index (χ0n) is 19.1. The monoisotopic (exact) mass is 427 g/mol. The van der Waals surface area contributed by atoms with Crippen molar-refractivity contribution in [1.82, 2.24) is 5.32 Å². The molecule has 0 heterocycles. The van der Waals surface area contributed by atoms with Gasteiger partial charge in [0.1, 0.15) is 5.75 Å². The summed E-state index contributed by atoms with van der Waals surface area (Å²) in [6.45, 7) is 9.15. The van der Waals surface area contributed by atoms with Gasteiger partial charge in [-0.2, -0.15) is 0 Å². The first-order valence-corrected chi connectivity index (χ1v) is 10.7. The third kappa shape index (κ3) is 7.63. The maximum absolute atomic E-state index is 12.4. The highest BCUT2D eigenvalue weighted by atomic mass is 16.5. The Kier molecular flexibility index (Phi) is 9.38. The Hall–Kier alpha value is -3.02. The summed E-state index contributed by atoms with van der Waals surface area (Å²) in [5.41, 5.74) is 1.48. The molecular weight excluding hydrogens is 394 g/mol. The van der Waals surface area contributed by atoms with Gasteiger partial charge in [0.05, 0.1) is 26.4 Å². The van der Waals surface area contributed by atoms with E-state index in [9.17, 15) is 9.59 Å². The van der Waals surface area contributed by atoms with Crippen molar-refractivity contribution < 1.29 is 23.8 Å². The van der Waals surface area contributed by atoms with Crippen LogP contribution in [0.4, 0.5) is 0 Å². The molecule has 1 amide bonds. The van der Waals surface area contributed by atoms with Gasteiger partial charge in [0.15, 0.2) is 17.3 Å². The van der Waals surface area contributed by atoms with Crippen molar-refractivity contribution in [2.24, 2.45) is 5.92 Å². The standard InChI is InChI=1S/C25H33NO5/c1-6-30-21-10-7-19(8-11-21)22(27)12-14-25(28)26-18(4)20-9-13-23(24(15-20)29-5)31-16-17(2)3/h7-11,13,15,17-18H,6,12,14,16H2,1-5H3,(H,26,28). The Morgan fingerprint density at radius 2 is 1.65 bits per heavy atom. The van der Waals surface area contributed by atoms with Gasteiger partial charge < -0.3 is 19.5 Å². The van der Waals surface area contributed by atoms with Crippen LogP contribution in [-0.2, 0) is 4.79 Å². The second-order valence-corrected chi connectivity index (χ2v) is 7.78. The molecule has 0 fully saturated rings. The van der Waals surface area contributed by atoms with Crippen molar-refractivity contribution in [3.63, 3.8) is 0 Å². The lowest BCUT2D eigenvalue weighted by Crippen LogP contribution is -2.27. The van der Waals surface area contributed by atoms with Crippen LogP contribution in [0.5, 0.6) is 17.2 Å². The first-order valence-electron chi connectivity index (χ1n) is 10.7. The molecule has 1 unspecified atom stereocenters. The first-order chi connectivity index (χ1) is 14.8. The Morgan fingerprint density at radius 1 is 0.935 bits per heavy atom. The predicted octanol–water partition coefficient (Wildman–Crippen LogP) is 4.97. The highest BCUT2D eigenvalue weighted by molar-refractivity contribution is 5.98. The van der Waals surface area contributed by atoms with E-state index in [0.29, 0.717) is 36.2 Å². The molecule has 0 aliphatic carbocycles. The Labute approximate surface area is 184 Å². The number of Topliss-reactive ketones (excluding diaryl/α,β-unsaturated/α-hetero) is 1. The molecule has 0 saturated heterocycles. The number of carbonyl (C=O) groups is 2. The van der Waals surface area contributed by atoms with Gasteiger partial charge in [-0.1, -0.05) is 19.9 Å². The van der Waals surface area contributed by atoms with Crippen LogP contribution in [0.3, 0.4) is 0 Å². The van der Waals surface area contributed by atoms with Gasteiger partial charge in [-0.3, -0.25) is 9.59 Å².